The number of carboxylic acid groups (broad SMARTS) is 1. The van der Waals surface area contributed by atoms with Gasteiger partial charge in [-0.3, -0.25) is 9.59 Å². The van der Waals surface area contributed by atoms with E-state index in [1.54, 1.807) is 11.8 Å². The van der Waals surface area contributed by atoms with Crippen molar-refractivity contribution in [3.8, 4) is 0 Å². The summed E-state index contributed by atoms with van der Waals surface area (Å²) in [4.78, 5) is 24.7. The highest BCUT2D eigenvalue weighted by Gasteiger charge is 2.26. The van der Waals surface area contributed by atoms with Gasteiger partial charge in [-0.05, 0) is 43.8 Å². The molecule has 5 nitrogen and oxygen atoms in total. The molecule has 0 spiro atoms. The first kappa shape index (κ1) is 21.3. The second-order valence-corrected chi connectivity index (χ2v) is 8.71. The molecule has 1 amide bonds. The van der Waals surface area contributed by atoms with Crippen LogP contribution in [0.1, 0.15) is 64.2 Å². The molecule has 0 aromatic heterocycles. The minimum absolute atomic E-state index is 0.0919. The summed E-state index contributed by atoms with van der Waals surface area (Å²) < 4.78 is 0. The zero-order valence-electron chi connectivity index (χ0n) is 15.6. The van der Waals surface area contributed by atoms with Gasteiger partial charge in [-0.1, -0.05) is 31.4 Å². The highest BCUT2D eigenvalue weighted by atomic mass is 32.2. The normalized spacial score (nSPS) is 22.6. The number of carboxylic acids is 1. The van der Waals surface area contributed by atoms with Crippen molar-refractivity contribution in [3.05, 3.63) is 12.2 Å². The number of thioether (sulfide) groups is 1. The summed E-state index contributed by atoms with van der Waals surface area (Å²) in [7, 11) is 0. The number of aliphatic carboxylic acids is 1. The summed E-state index contributed by atoms with van der Waals surface area (Å²) in [6.07, 6.45) is 12.7. The lowest BCUT2D eigenvalue weighted by atomic mass is 9.81. The fraction of sp³-hybridized carbons (Fsp3) is 0.800. The van der Waals surface area contributed by atoms with Crippen molar-refractivity contribution in [2.45, 2.75) is 76.4 Å². The van der Waals surface area contributed by atoms with Crippen LogP contribution in [0.3, 0.4) is 0 Å². The van der Waals surface area contributed by atoms with Gasteiger partial charge in [0.05, 0.1) is 12.1 Å². The lowest BCUT2D eigenvalue weighted by molar-refractivity contribution is -0.137. The predicted molar refractivity (Wildman–Crippen MR) is 105 cm³/mol. The molecule has 26 heavy (non-hydrogen) atoms. The number of piperidine rings is 1. The predicted octanol–water partition coefficient (Wildman–Crippen LogP) is 3.46. The van der Waals surface area contributed by atoms with Crippen molar-refractivity contribution in [1.82, 2.24) is 4.90 Å². The van der Waals surface area contributed by atoms with E-state index in [4.69, 9.17) is 5.11 Å². The summed E-state index contributed by atoms with van der Waals surface area (Å²) in [5, 5.41) is 18.8. The van der Waals surface area contributed by atoms with Crippen LogP contribution in [0.5, 0.6) is 0 Å². The zero-order chi connectivity index (χ0) is 18.8. The van der Waals surface area contributed by atoms with E-state index in [1.165, 1.54) is 19.3 Å². The number of nitrogens with zero attached hydrogens (tertiary/aromatic N) is 1. The van der Waals surface area contributed by atoms with Crippen molar-refractivity contribution >= 4 is 23.6 Å². The van der Waals surface area contributed by atoms with Crippen LogP contribution in [0.25, 0.3) is 0 Å². The van der Waals surface area contributed by atoms with E-state index in [0.29, 0.717) is 19.4 Å². The second kappa shape index (κ2) is 11.7. The van der Waals surface area contributed by atoms with Crippen LogP contribution >= 0.6 is 11.8 Å². The Morgan fingerprint density at radius 1 is 1.27 bits per heavy atom. The van der Waals surface area contributed by atoms with Gasteiger partial charge in [-0.2, -0.15) is 11.8 Å². The molecule has 2 atom stereocenters. The van der Waals surface area contributed by atoms with Crippen LogP contribution in [0.2, 0.25) is 0 Å². The number of hydrogen-bond acceptors (Lipinski definition) is 4. The molecular formula is C20H33NO4S. The van der Waals surface area contributed by atoms with Gasteiger partial charge in [0, 0.05) is 25.1 Å². The number of hydrogen-bond donors (Lipinski definition) is 2. The van der Waals surface area contributed by atoms with Crippen molar-refractivity contribution in [1.29, 1.82) is 0 Å². The van der Waals surface area contributed by atoms with Gasteiger partial charge in [0.25, 0.3) is 0 Å². The first-order valence-electron chi connectivity index (χ1n) is 10.0. The molecule has 6 heteroatoms. The van der Waals surface area contributed by atoms with E-state index in [-0.39, 0.29) is 18.4 Å². The molecule has 0 aromatic rings. The van der Waals surface area contributed by atoms with Gasteiger partial charge in [-0.25, -0.2) is 0 Å². The SMILES string of the molecule is O=C(O)CCCSCCN1C(=O)CCC[C@@H]1C=C[C@@H](O)CCC1CCC1. The van der Waals surface area contributed by atoms with E-state index in [0.717, 1.165) is 43.1 Å². The third kappa shape index (κ3) is 7.70. The minimum atomic E-state index is -0.752. The monoisotopic (exact) mass is 383 g/mol. The zero-order valence-corrected chi connectivity index (χ0v) is 16.5. The highest BCUT2D eigenvalue weighted by Crippen LogP contribution is 2.31. The van der Waals surface area contributed by atoms with Crippen LogP contribution in [-0.2, 0) is 9.59 Å². The van der Waals surface area contributed by atoms with Crippen LogP contribution in [0, 0.1) is 5.92 Å². The Morgan fingerprint density at radius 3 is 2.77 bits per heavy atom. The summed E-state index contributed by atoms with van der Waals surface area (Å²) in [5.74, 6) is 1.90. The van der Waals surface area contributed by atoms with Crippen molar-refractivity contribution in [2.24, 2.45) is 5.92 Å². The van der Waals surface area contributed by atoms with E-state index in [1.807, 2.05) is 17.1 Å². The molecule has 2 fully saturated rings. The molecule has 1 saturated carbocycles. The lowest BCUT2D eigenvalue weighted by Crippen LogP contribution is -2.43. The largest absolute Gasteiger partial charge is 0.481 e. The maximum atomic E-state index is 12.3. The fourth-order valence-corrected chi connectivity index (χ4v) is 4.45. The molecule has 1 aliphatic carbocycles. The van der Waals surface area contributed by atoms with Crippen LogP contribution in [0.4, 0.5) is 0 Å². The highest BCUT2D eigenvalue weighted by molar-refractivity contribution is 7.99. The minimum Gasteiger partial charge on any atom is -0.481 e. The van der Waals surface area contributed by atoms with Crippen LogP contribution in [-0.4, -0.2) is 57.2 Å². The average Bonchev–Trinajstić information content (AvgIpc) is 2.56. The molecular weight excluding hydrogens is 350 g/mol. The molecule has 0 radical (unpaired) electrons. The Labute approximate surface area is 161 Å². The topological polar surface area (TPSA) is 77.8 Å². The molecule has 0 aromatic carbocycles. The maximum absolute atomic E-state index is 12.3. The average molecular weight is 384 g/mol. The third-order valence-electron chi connectivity index (χ3n) is 5.42. The van der Waals surface area contributed by atoms with Gasteiger partial charge in [0.2, 0.25) is 5.91 Å². The number of amides is 1. The summed E-state index contributed by atoms with van der Waals surface area (Å²) in [6.45, 7) is 0.698. The Morgan fingerprint density at radius 2 is 2.08 bits per heavy atom. The Balaban J connectivity index is 1.70. The number of likely N-dealkylation sites (tertiary alicyclic amines) is 1. The summed E-state index contributed by atoms with van der Waals surface area (Å²) in [6, 6.07) is 0.0919. The van der Waals surface area contributed by atoms with Crippen molar-refractivity contribution in [3.63, 3.8) is 0 Å². The number of aliphatic hydroxyl groups is 1. The van der Waals surface area contributed by atoms with Crippen molar-refractivity contribution in [2.75, 3.05) is 18.1 Å². The number of carbonyl (C=O) groups excluding carboxylic acids is 1. The second-order valence-electron chi connectivity index (χ2n) is 7.48. The van der Waals surface area contributed by atoms with Gasteiger partial charge < -0.3 is 15.1 Å². The molecule has 0 unspecified atom stereocenters. The van der Waals surface area contributed by atoms with Gasteiger partial charge >= 0.3 is 5.97 Å². The molecule has 1 heterocycles. The first-order valence-corrected chi connectivity index (χ1v) is 11.2. The van der Waals surface area contributed by atoms with Crippen LogP contribution < -0.4 is 0 Å². The van der Waals surface area contributed by atoms with E-state index in [9.17, 15) is 14.7 Å². The molecule has 1 saturated heterocycles. The third-order valence-corrected chi connectivity index (χ3v) is 6.47. The van der Waals surface area contributed by atoms with Gasteiger partial charge in [0.15, 0.2) is 0 Å². The Bertz CT molecular complexity index is 478. The maximum Gasteiger partial charge on any atom is 0.303 e. The van der Waals surface area contributed by atoms with E-state index >= 15 is 0 Å². The first-order chi connectivity index (χ1) is 12.6. The number of aliphatic hydroxyl groups excluding tert-OH is 1. The Kier molecular flexibility index (Phi) is 9.54. The van der Waals surface area contributed by atoms with Crippen LogP contribution in [0.15, 0.2) is 12.2 Å². The van der Waals surface area contributed by atoms with E-state index in [2.05, 4.69) is 0 Å². The molecule has 2 N–H and O–H groups in total. The molecule has 2 aliphatic rings. The summed E-state index contributed by atoms with van der Waals surface area (Å²) in [5.41, 5.74) is 0. The van der Waals surface area contributed by atoms with Gasteiger partial charge in [0.1, 0.15) is 0 Å². The van der Waals surface area contributed by atoms with Gasteiger partial charge in [-0.15, -0.1) is 0 Å². The standard InChI is InChI=1S/C20H33NO4S/c22-18(11-9-16-4-1-5-16)12-10-17-6-2-7-19(23)21(17)13-15-26-14-3-8-20(24)25/h10,12,16-18,22H,1-9,11,13-15H2,(H,24,25)/t17-,18+/m1/s1. The summed E-state index contributed by atoms with van der Waals surface area (Å²) >= 11 is 1.71. The molecule has 0 bridgehead atoms. The smallest absolute Gasteiger partial charge is 0.303 e. The Hall–Kier alpha value is -1.01. The number of carbonyl (C=O) groups is 2. The van der Waals surface area contributed by atoms with E-state index < -0.39 is 12.1 Å². The lowest BCUT2D eigenvalue weighted by Gasteiger charge is -2.34. The fourth-order valence-electron chi connectivity index (χ4n) is 3.57. The molecule has 1 aliphatic heterocycles. The van der Waals surface area contributed by atoms with Crippen molar-refractivity contribution < 1.29 is 19.8 Å². The quantitative estimate of drug-likeness (QED) is 0.399. The molecule has 2 rings (SSSR count). The number of rotatable bonds is 12. The molecule has 148 valence electrons.